The van der Waals surface area contributed by atoms with Gasteiger partial charge in [0, 0.05) is 6.42 Å². The van der Waals surface area contributed by atoms with E-state index in [1.165, 1.54) is 0 Å². The second kappa shape index (κ2) is 4.61. The maximum Gasteiger partial charge on any atom is 0.326 e. The smallest absolute Gasteiger partial charge is 0.326 e. The third-order valence-electron chi connectivity index (χ3n) is 2.28. The van der Waals surface area contributed by atoms with Crippen molar-refractivity contribution in [3.05, 3.63) is 23.8 Å². The van der Waals surface area contributed by atoms with Gasteiger partial charge in [0.1, 0.15) is 0 Å². The Kier molecular flexibility index (Phi) is 3.19. The summed E-state index contributed by atoms with van der Waals surface area (Å²) >= 11 is 5.73. The second-order valence-corrected chi connectivity index (χ2v) is 3.89. The van der Waals surface area contributed by atoms with Gasteiger partial charge in [-0.2, -0.15) is 0 Å². The van der Waals surface area contributed by atoms with Gasteiger partial charge < -0.3 is 14.6 Å². The predicted molar refractivity (Wildman–Crippen MR) is 58.3 cm³/mol. The summed E-state index contributed by atoms with van der Waals surface area (Å²) in [6, 6.07) is 4.94. The molecule has 1 aromatic carbocycles. The van der Waals surface area contributed by atoms with Crippen LogP contribution in [0.25, 0.3) is 0 Å². The van der Waals surface area contributed by atoms with Crippen molar-refractivity contribution in [3.8, 4) is 11.5 Å². The van der Waals surface area contributed by atoms with Crippen LogP contribution in [0.15, 0.2) is 18.2 Å². The van der Waals surface area contributed by atoms with Crippen molar-refractivity contribution in [3.63, 3.8) is 0 Å². The van der Waals surface area contributed by atoms with E-state index in [2.05, 4.69) is 0 Å². The Morgan fingerprint density at radius 3 is 2.69 bits per heavy atom. The zero-order chi connectivity index (χ0) is 11.5. The molecule has 5 heteroatoms. The van der Waals surface area contributed by atoms with Gasteiger partial charge in [0.05, 0.1) is 13.2 Å². The quantitative estimate of drug-likeness (QED) is 0.808. The lowest BCUT2D eigenvalue weighted by Gasteiger charge is -2.10. The van der Waals surface area contributed by atoms with Crippen molar-refractivity contribution >= 4 is 17.6 Å². The third-order valence-corrected chi connectivity index (χ3v) is 2.72. The molecule has 1 N–H and O–H groups in total. The van der Waals surface area contributed by atoms with E-state index in [1.807, 2.05) is 0 Å². The van der Waals surface area contributed by atoms with Gasteiger partial charge in [0.25, 0.3) is 0 Å². The van der Waals surface area contributed by atoms with Gasteiger partial charge in [-0.15, -0.1) is 11.6 Å². The summed E-state index contributed by atoms with van der Waals surface area (Å²) in [5, 5.41) is 7.73. The van der Waals surface area contributed by atoms with Gasteiger partial charge in [0.15, 0.2) is 16.9 Å². The fourth-order valence-corrected chi connectivity index (χ4v) is 1.62. The van der Waals surface area contributed by atoms with E-state index in [9.17, 15) is 4.79 Å². The molecule has 86 valence electrons. The van der Waals surface area contributed by atoms with Crippen LogP contribution in [0.5, 0.6) is 11.5 Å². The fourth-order valence-electron chi connectivity index (χ4n) is 1.48. The Morgan fingerprint density at radius 2 is 2.00 bits per heavy atom. The van der Waals surface area contributed by atoms with Crippen molar-refractivity contribution in [1.29, 1.82) is 0 Å². The van der Waals surface area contributed by atoms with Gasteiger partial charge in [-0.25, -0.2) is 0 Å². The Balaban J connectivity index is 2.30. The standard InChI is InChI=1S/C11H11ClO4/c12-10(11(13)14)7-2-3-8-9(6-7)16-5-1-4-15-8/h2-3,6,10H,1,4-5H2,(H,13,14). The number of ether oxygens (including phenoxy) is 2. The Labute approximate surface area is 97.7 Å². The molecule has 0 fully saturated rings. The minimum atomic E-state index is -1.07. The van der Waals surface area contributed by atoms with Crippen molar-refractivity contribution < 1.29 is 19.4 Å². The van der Waals surface area contributed by atoms with E-state index in [4.69, 9.17) is 26.2 Å². The highest BCUT2D eigenvalue weighted by Gasteiger charge is 2.19. The number of fused-ring (bicyclic) bond motifs is 1. The highest BCUT2D eigenvalue weighted by Crippen LogP contribution is 2.33. The summed E-state index contributed by atoms with van der Waals surface area (Å²) in [5.41, 5.74) is 0.499. The number of hydrogen-bond acceptors (Lipinski definition) is 3. The number of benzene rings is 1. The van der Waals surface area contributed by atoms with Crippen LogP contribution < -0.4 is 9.47 Å². The Bertz CT molecular complexity index is 405. The zero-order valence-corrected chi connectivity index (χ0v) is 9.24. The lowest BCUT2D eigenvalue weighted by molar-refractivity contribution is -0.136. The summed E-state index contributed by atoms with van der Waals surface area (Å²) in [6.45, 7) is 1.17. The van der Waals surface area contributed by atoms with Crippen LogP contribution in [0, 0.1) is 0 Å². The number of alkyl halides is 1. The molecule has 0 amide bonds. The molecule has 2 rings (SSSR count). The summed E-state index contributed by atoms with van der Waals surface area (Å²) < 4.78 is 10.9. The van der Waals surface area contributed by atoms with Crippen LogP contribution >= 0.6 is 11.6 Å². The molecule has 0 saturated carbocycles. The largest absolute Gasteiger partial charge is 0.490 e. The van der Waals surface area contributed by atoms with E-state index in [-0.39, 0.29) is 0 Å². The first-order valence-corrected chi connectivity index (χ1v) is 5.38. The normalized spacial score (nSPS) is 16.3. The summed E-state index contributed by atoms with van der Waals surface area (Å²) in [7, 11) is 0. The van der Waals surface area contributed by atoms with Crippen LogP contribution in [0.1, 0.15) is 17.4 Å². The highest BCUT2D eigenvalue weighted by atomic mass is 35.5. The first-order valence-electron chi connectivity index (χ1n) is 4.95. The maximum atomic E-state index is 10.7. The lowest BCUT2D eigenvalue weighted by atomic mass is 10.1. The number of carboxylic acids is 1. The highest BCUT2D eigenvalue weighted by molar-refractivity contribution is 6.29. The summed E-state index contributed by atoms with van der Waals surface area (Å²) in [5.74, 6) is 0.119. The number of hydrogen-bond donors (Lipinski definition) is 1. The molecule has 0 aliphatic carbocycles. The van der Waals surface area contributed by atoms with E-state index in [1.54, 1.807) is 18.2 Å². The van der Waals surface area contributed by atoms with Crippen LogP contribution in [-0.4, -0.2) is 24.3 Å². The van der Waals surface area contributed by atoms with Crippen molar-refractivity contribution in [2.75, 3.05) is 13.2 Å². The lowest BCUT2D eigenvalue weighted by Crippen LogP contribution is -2.05. The SMILES string of the molecule is O=C(O)C(Cl)c1ccc2c(c1)OCCCO2. The fraction of sp³-hybridized carbons (Fsp3) is 0.364. The van der Waals surface area contributed by atoms with Gasteiger partial charge in [-0.3, -0.25) is 4.79 Å². The number of carboxylic acid groups (broad SMARTS) is 1. The van der Waals surface area contributed by atoms with Crippen molar-refractivity contribution in [2.45, 2.75) is 11.8 Å². The number of aliphatic carboxylic acids is 1. The summed E-state index contributed by atoms with van der Waals surface area (Å²) in [6.07, 6.45) is 0.813. The number of carbonyl (C=O) groups is 1. The second-order valence-electron chi connectivity index (χ2n) is 3.46. The molecular weight excluding hydrogens is 232 g/mol. The van der Waals surface area contributed by atoms with E-state index >= 15 is 0 Å². The molecule has 1 atom stereocenters. The zero-order valence-electron chi connectivity index (χ0n) is 8.48. The van der Waals surface area contributed by atoms with E-state index in [0.717, 1.165) is 6.42 Å². The number of halogens is 1. The van der Waals surface area contributed by atoms with Gasteiger partial charge in [-0.05, 0) is 17.7 Å². The molecule has 0 saturated heterocycles. The van der Waals surface area contributed by atoms with Crippen LogP contribution in [0.3, 0.4) is 0 Å². The minimum absolute atomic E-state index is 0.499. The molecule has 1 aromatic rings. The Hall–Kier alpha value is -1.42. The molecule has 1 heterocycles. The molecule has 16 heavy (non-hydrogen) atoms. The monoisotopic (exact) mass is 242 g/mol. The summed E-state index contributed by atoms with van der Waals surface area (Å²) in [4.78, 5) is 10.7. The van der Waals surface area contributed by atoms with Crippen LogP contribution in [-0.2, 0) is 4.79 Å². The number of rotatable bonds is 2. The molecule has 1 aliphatic rings. The van der Waals surface area contributed by atoms with Gasteiger partial charge in [0.2, 0.25) is 0 Å². The van der Waals surface area contributed by atoms with Crippen molar-refractivity contribution in [1.82, 2.24) is 0 Å². The van der Waals surface area contributed by atoms with Crippen LogP contribution in [0.2, 0.25) is 0 Å². The average Bonchev–Trinajstić information content (AvgIpc) is 2.51. The van der Waals surface area contributed by atoms with Gasteiger partial charge >= 0.3 is 5.97 Å². The minimum Gasteiger partial charge on any atom is -0.490 e. The molecular formula is C11H11ClO4. The van der Waals surface area contributed by atoms with Crippen molar-refractivity contribution in [2.24, 2.45) is 0 Å². The Morgan fingerprint density at radius 1 is 1.31 bits per heavy atom. The van der Waals surface area contributed by atoms with Gasteiger partial charge in [-0.1, -0.05) is 6.07 Å². The topological polar surface area (TPSA) is 55.8 Å². The molecule has 1 aliphatic heterocycles. The molecule has 0 bridgehead atoms. The molecule has 0 spiro atoms. The third kappa shape index (κ3) is 2.22. The predicted octanol–water partition coefficient (Wildman–Crippen LogP) is 2.21. The first-order chi connectivity index (χ1) is 7.68. The molecule has 4 nitrogen and oxygen atoms in total. The van der Waals surface area contributed by atoms with E-state index < -0.39 is 11.3 Å². The first kappa shape index (κ1) is 11.1. The molecule has 0 radical (unpaired) electrons. The molecule has 1 unspecified atom stereocenters. The maximum absolute atomic E-state index is 10.7. The van der Waals surface area contributed by atoms with Crippen LogP contribution in [0.4, 0.5) is 0 Å². The molecule has 0 aromatic heterocycles. The van der Waals surface area contributed by atoms with E-state index in [0.29, 0.717) is 30.3 Å². The average molecular weight is 243 g/mol.